The smallest absolute Gasteiger partial charge is 0.343 e. The van der Waals surface area contributed by atoms with Crippen LogP contribution in [0.1, 0.15) is 54.6 Å². The van der Waals surface area contributed by atoms with Gasteiger partial charge in [-0.2, -0.15) is 5.10 Å². The molecular formula is C26H29N7O9. The number of esters is 1. The fraction of sp³-hybridized carbons (Fsp3) is 0.308. The lowest BCUT2D eigenvalue weighted by molar-refractivity contribution is -0.139. The van der Waals surface area contributed by atoms with E-state index in [1.807, 2.05) is 0 Å². The van der Waals surface area contributed by atoms with Crippen LogP contribution in [0.15, 0.2) is 42.7 Å². The molecule has 16 nitrogen and oxygen atoms in total. The lowest BCUT2D eigenvalue weighted by Gasteiger charge is -2.34. The van der Waals surface area contributed by atoms with Gasteiger partial charge in [0.15, 0.2) is 17.4 Å². The molecule has 0 radical (unpaired) electrons. The summed E-state index contributed by atoms with van der Waals surface area (Å²) in [6.07, 6.45) is -0.883. The van der Waals surface area contributed by atoms with Gasteiger partial charge in [-0.05, 0) is 55.7 Å². The Labute approximate surface area is 238 Å². The summed E-state index contributed by atoms with van der Waals surface area (Å²) in [7, 11) is 0. The van der Waals surface area contributed by atoms with Crippen molar-refractivity contribution in [1.29, 1.82) is 5.41 Å². The Kier molecular flexibility index (Phi) is 10.1. The van der Waals surface area contributed by atoms with Crippen LogP contribution < -0.4 is 21.1 Å². The van der Waals surface area contributed by atoms with Gasteiger partial charge < -0.3 is 36.4 Å². The van der Waals surface area contributed by atoms with Gasteiger partial charge in [-0.1, -0.05) is 0 Å². The summed E-state index contributed by atoms with van der Waals surface area (Å²) >= 11 is 0. The number of aromatic nitrogens is 3. The second-order valence-electron chi connectivity index (χ2n) is 9.38. The maximum Gasteiger partial charge on any atom is 0.343 e. The zero-order valence-electron chi connectivity index (χ0n) is 22.2. The summed E-state index contributed by atoms with van der Waals surface area (Å²) in [5.41, 5.74) is 5.03. The fourth-order valence-corrected chi connectivity index (χ4v) is 4.26. The van der Waals surface area contributed by atoms with E-state index >= 15 is 0 Å². The molecule has 0 saturated carbocycles. The zero-order valence-corrected chi connectivity index (χ0v) is 22.2. The van der Waals surface area contributed by atoms with Crippen LogP contribution in [0.25, 0.3) is 5.65 Å². The molecule has 2 heterocycles. The van der Waals surface area contributed by atoms with Gasteiger partial charge >= 0.3 is 23.9 Å². The van der Waals surface area contributed by atoms with E-state index in [2.05, 4.69) is 20.7 Å². The first-order valence-electron chi connectivity index (χ1n) is 12.6. The summed E-state index contributed by atoms with van der Waals surface area (Å²) in [6.45, 7) is 0. The van der Waals surface area contributed by atoms with E-state index in [4.69, 9.17) is 15.9 Å². The van der Waals surface area contributed by atoms with Gasteiger partial charge in [0.2, 0.25) is 5.91 Å². The third-order valence-electron chi connectivity index (χ3n) is 6.27. The molecule has 222 valence electrons. The average Bonchev–Trinajstić information content (AvgIpc) is 3.42. The number of aliphatic carboxylic acids is 3. The Morgan fingerprint density at radius 1 is 0.905 bits per heavy atom. The fourth-order valence-electron chi connectivity index (χ4n) is 4.26. The monoisotopic (exact) mass is 583 g/mol. The van der Waals surface area contributed by atoms with Gasteiger partial charge in [-0.25, -0.2) is 14.3 Å². The number of ether oxygens (including phenoxy) is 1. The number of amides is 1. The Bertz CT molecular complexity index is 1460. The van der Waals surface area contributed by atoms with Gasteiger partial charge in [0.1, 0.15) is 6.33 Å². The summed E-state index contributed by atoms with van der Waals surface area (Å²) in [6, 6.07) is 8.91. The molecule has 3 aromatic rings. The molecule has 0 aliphatic heterocycles. The number of guanidine groups is 1. The Balaban J connectivity index is 1.79. The van der Waals surface area contributed by atoms with Crippen molar-refractivity contribution < 1.29 is 44.0 Å². The Morgan fingerprint density at radius 3 is 2.00 bits per heavy atom. The normalized spacial score (nSPS) is 11.0. The predicted octanol–water partition coefficient (Wildman–Crippen LogP) is 1.25. The third kappa shape index (κ3) is 8.73. The van der Waals surface area contributed by atoms with Crippen LogP contribution in [0.3, 0.4) is 0 Å². The number of carbonyl (C=O) groups excluding carboxylic acids is 2. The quantitative estimate of drug-likeness (QED) is 0.0755. The second kappa shape index (κ2) is 13.7. The highest BCUT2D eigenvalue weighted by molar-refractivity contribution is 5.94. The van der Waals surface area contributed by atoms with Crippen LogP contribution in [-0.2, 0) is 25.6 Å². The van der Waals surface area contributed by atoms with E-state index in [1.165, 1.54) is 47.2 Å². The predicted molar refractivity (Wildman–Crippen MR) is 145 cm³/mol. The molecule has 0 bridgehead atoms. The van der Waals surface area contributed by atoms with Crippen LogP contribution in [0, 0.1) is 5.41 Å². The van der Waals surface area contributed by atoms with Crippen molar-refractivity contribution >= 4 is 47.1 Å². The van der Waals surface area contributed by atoms with Crippen molar-refractivity contribution in [2.75, 3.05) is 5.32 Å². The Morgan fingerprint density at radius 2 is 1.48 bits per heavy atom. The van der Waals surface area contributed by atoms with Crippen molar-refractivity contribution in [1.82, 2.24) is 19.9 Å². The summed E-state index contributed by atoms with van der Waals surface area (Å²) < 4.78 is 6.75. The number of hydrogen-bond acceptors (Lipinski definition) is 9. The SMILES string of the molecule is N=C(N)Nc1ccc(C(=O)Oc2ccc(CC(=O)NC(CCC(=O)O)(CCC(=O)O)CCC(=O)O)n3ncnc23)cc1. The first-order chi connectivity index (χ1) is 19.9. The number of carboxylic acids is 3. The summed E-state index contributed by atoms with van der Waals surface area (Å²) in [5, 5.41) is 44.2. The number of nitrogens with one attached hydrogen (secondary N) is 3. The lowest BCUT2D eigenvalue weighted by atomic mass is 9.83. The van der Waals surface area contributed by atoms with E-state index in [0.29, 0.717) is 11.4 Å². The van der Waals surface area contributed by atoms with Crippen LogP contribution >= 0.6 is 0 Å². The molecule has 1 aromatic carbocycles. The molecule has 16 heteroatoms. The number of carboxylic acid groups (broad SMARTS) is 3. The van der Waals surface area contributed by atoms with Crippen LogP contribution in [0.4, 0.5) is 5.69 Å². The molecule has 0 saturated heterocycles. The van der Waals surface area contributed by atoms with E-state index < -0.39 is 54.6 Å². The molecule has 0 atom stereocenters. The molecule has 1 amide bonds. The minimum atomic E-state index is -1.39. The maximum atomic E-state index is 13.1. The molecular weight excluding hydrogens is 554 g/mol. The summed E-state index contributed by atoms with van der Waals surface area (Å²) in [5.74, 6) is -5.10. The topological polar surface area (TPSA) is 259 Å². The molecule has 3 rings (SSSR count). The number of rotatable bonds is 15. The second-order valence-corrected chi connectivity index (χ2v) is 9.38. The molecule has 0 spiro atoms. The number of nitrogens with zero attached hydrogens (tertiary/aromatic N) is 3. The third-order valence-corrected chi connectivity index (χ3v) is 6.27. The van der Waals surface area contributed by atoms with Gasteiger partial charge in [0.05, 0.1) is 17.7 Å². The number of benzene rings is 1. The molecule has 0 aliphatic rings. The largest absolute Gasteiger partial charge is 0.481 e. The van der Waals surface area contributed by atoms with Crippen molar-refractivity contribution in [3.63, 3.8) is 0 Å². The first-order valence-corrected chi connectivity index (χ1v) is 12.6. The molecule has 0 unspecified atom stereocenters. The minimum absolute atomic E-state index is 0.0475. The van der Waals surface area contributed by atoms with Crippen molar-refractivity contribution in [3.8, 4) is 5.75 Å². The number of anilines is 1. The molecule has 2 aromatic heterocycles. The van der Waals surface area contributed by atoms with Crippen molar-refractivity contribution in [2.45, 2.75) is 50.5 Å². The molecule has 8 N–H and O–H groups in total. The number of hydrogen-bond donors (Lipinski definition) is 7. The highest BCUT2D eigenvalue weighted by Crippen LogP contribution is 2.27. The van der Waals surface area contributed by atoms with E-state index in [1.54, 1.807) is 0 Å². The highest BCUT2D eigenvalue weighted by Gasteiger charge is 2.34. The number of carbonyl (C=O) groups is 5. The standard InChI is InChI=1S/C26H29N7O9/c27-25(28)31-16-3-1-15(2-4-16)24(41)42-18-6-5-17(33-23(18)29-14-30-33)13-19(34)32-26(10-7-20(35)36,11-8-21(37)38)12-9-22(39)40/h1-6,14H,7-13H2,(H,32,34)(H,35,36)(H,37,38)(H,39,40)(H4,27,28,31). The van der Waals surface area contributed by atoms with Crippen molar-refractivity contribution in [2.24, 2.45) is 5.73 Å². The summed E-state index contributed by atoms with van der Waals surface area (Å²) in [4.78, 5) is 63.7. The number of nitrogens with two attached hydrogens (primary N) is 1. The van der Waals surface area contributed by atoms with E-state index in [-0.39, 0.29) is 48.6 Å². The Hall–Kier alpha value is -5.54. The van der Waals surface area contributed by atoms with Gasteiger partial charge in [0.25, 0.3) is 0 Å². The number of pyridine rings is 1. The zero-order chi connectivity index (χ0) is 30.9. The highest BCUT2D eigenvalue weighted by atomic mass is 16.5. The van der Waals surface area contributed by atoms with Crippen molar-refractivity contribution in [3.05, 3.63) is 54.0 Å². The van der Waals surface area contributed by atoms with Crippen LogP contribution in [-0.4, -0.2) is 71.2 Å². The van der Waals surface area contributed by atoms with E-state index in [9.17, 15) is 39.3 Å². The maximum absolute atomic E-state index is 13.1. The van der Waals surface area contributed by atoms with Gasteiger partial charge in [-0.3, -0.25) is 24.6 Å². The molecule has 0 aliphatic carbocycles. The van der Waals surface area contributed by atoms with Gasteiger partial charge in [-0.15, -0.1) is 0 Å². The average molecular weight is 584 g/mol. The first kappa shape index (κ1) is 31.0. The van der Waals surface area contributed by atoms with Crippen LogP contribution in [0.2, 0.25) is 0 Å². The van der Waals surface area contributed by atoms with Crippen LogP contribution in [0.5, 0.6) is 5.75 Å². The number of fused-ring (bicyclic) bond motifs is 1. The van der Waals surface area contributed by atoms with Gasteiger partial charge in [0, 0.05) is 30.5 Å². The molecule has 0 fully saturated rings. The van der Waals surface area contributed by atoms with E-state index in [0.717, 1.165) is 0 Å². The molecule has 42 heavy (non-hydrogen) atoms. The lowest BCUT2D eigenvalue weighted by Crippen LogP contribution is -2.50. The minimum Gasteiger partial charge on any atom is -0.481 e.